The molecule has 0 amide bonds. The van der Waals surface area contributed by atoms with Gasteiger partial charge in [0.2, 0.25) is 0 Å². The first-order valence-corrected chi connectivity index (χ1v) is 9.92. The second-order valence-corrected chi connectivity index (χ2v) is 9.33. The number of carbonyl (C=O) groups is 1. The zero-order valence-electron chi connectivity index (χ0n) is 17.4. The zero-order chi connectivity index (χ0) is 22.7. The van der Waals surface area contributed by atoms with Crippen molar-refractivity contribution < 1.29 is 27.8 Å². The van der Waals surface area contributed by atoms with E-state index in [1.165, 1.54) is 17.1 Å². The Morgan fingerprint density at radius 1 is 1.33 bits per heavy atom. The van der Waals surface area contributed by atoms with Gasteiger partial charge in [0.15, 0.2) is 0 Å². The normalized spacial score (nSPS) is 20.0. The molecule has 0 saturated heterocycles. The van der Waals surface area contributed by atoms with E-state index in [9.17, 15) is 18.0 Å². The number of hydrogen-bond donors (Lipinski definition) is 2. The van der Waals surface area contributed by atoms with E-state index in [0.29, 0.717) is 11.2 Å². The molecule has 1 atom stereocenters. The van der Waals surface area contributed by atoms with Crippen LogP contribution in [0.1, 0.15) is 57.3 Å². The van der Waals surface area contributed by atoms with Crippen molar-refractivity contribution in [3.05, 3.63) is 35.1 Å². The van der Waals surface area contributed by atoms with E-state index in [2.05, 4.69) is 38.1 Å². The van der Waals surface area contributed by atoms with Crippen molar-refractivity contribution >= 4 is 23.4 Å². The third-order valence-corrected chi connectivity index (χ3v) is 4.61. The van der Waals surface area contributed by atoms with E-state index in [1.807, 2.05) is 0 Å². The molecule has 2 heterocycles. The number of nitrogens with one attached hydrogen (secondary N) is 1. The lowest BCUT2D eigenvalue weighted by Gasteiger charge is -2.22. The number of ether oxygens (including phenoxy) is 1. The van der Waals surface area contributed by atoms with Crippen LogP contribution in [0.2, 0.25) is 5.15 Å². The maximum atomic E-state index is 12.9. The SMILES string of the molecule is CC(C)(C)C.O=C(O)c1ccc(N2C=CC(OCCC3(C(F)(F)F)CC3)N2)nc1Cl. The number of carboxylic acid groups (broad SMARTS) is 1. The molecular formula is C20H27ClF3N3O3. The monoisotopic (exact) mass is 449 g/mol. The largest absolute Gasteiger partial charge is 0.478 e. The number of aromatic carboxylic acids is 1. The Balaban J connectivity index is 0.000000575. The van der Waals surface area contributed by atoms with Crippen molar-refractivity contribution in [2.75, 3.05) is 11.6 Å². The standard InChI is InChI=1S/C15H15ClF3N3O3.C5H12/c16-12-9(13(23)24)1-2-10(20-12)22-7-3-11(21-22)25-8-6-14(4-5-14)15(17,18)19;1-5(2,3)4/h1-3,7,11,21H,4-6,8H2,(H,23,24);1-4H3. The maximum Gasteiger partial charge on any atom is 0.394 e. The first kappa shape index (κ1) is 24.4. The lowest BCUT2D eigenvalue weighted by atomic mass is 10.0. The van der Waals surface area contributed by atoms with Crippen LogP contribution in [0.3, 0.4) is 0 Å². The maximum absolute atomic E-state index is 12.9. The Labute approximate surface area is 179 Å². The van der Waals surface area contributed by atoms with Crippen LogP contribution in [0.5, 0.6) is 0 Å². The topological polar surface area (TPSA) is 74.7 Å². The van der Waals surface area contributed by atoms with Gasteiger partial charge in [-0.2, -0.15) is 18.6 Å². The molecule has 10 heteroatoms. The average molecular weight is 450 g/mol. The van der Waals surface area contributed by atoms with Crippen LogP contribution in [0.4, 0.5) is 19.0 Å². The predicted octanol–water partition coefficient (Wildman–Crippen LogP) is 5.40. The van der Waals surface area contributed by atoms with E-state index in [0.717, 1.165) is 0 Å². The summed E-state index contributed by atoms with van der Waals surface area (Å²) in [6.45, 7) is 8.72. The molecule has 1 aliphatic heterocycles. The van der Waals surface area contributed by atoms with Gasteiger partial charge in [0, 0.05) is 12.8 Å². The smallest absolute Gasteiger partial charge is 0.394 e. The number of aromatic nitrogens is 1. The predicted molar refractivity (Wildman–Crippen MR) is 108 cm³/mol. The number of pyridine rings is 1. The van der Waals surface area contributed by atoms with Crippen molar-refractivity contribution in [2.45, 2.75) is 59.4 Å². The Hall–Kier alpha value is -1.84. The molecule has 0 radical (unpaired) electrons. The van der Waals surface area contributed by atoms with Gasteiger partial charge in [-0.25, -0.2) is 9.78 Å². The third-order valence-electron chi connectivity index (χ3n) is 4.32. The van der Waals surface area contributed by atoms with Crippen LogP contribution in [-0.4, -0.2) is 35.1 Å². The Morgan fingerprint density at radius 2 is 1.93 bits per heavy atom. The molecule has 1 unspecified atom stereocenters. The van der Waals surface area contributed by atoms with Crippen LogP contribution in [-0.2, 0) is 4.74 Å². The van der Waals surface area contributed by atoms with Gasteiger partial charge in [-0.3, -0.25) is 5.01 Å². The summed E-state index contributed by atoms with van der Waals surface area (Å²) in [6.07, 6.45) is -1.35. The second kappa shape index (κ2) is 9.11. The van der Waals surface area contributed by atoms with E-state index in [-0.39, 0.29) is 36.6 Å². The lowest BCUT2D eigenvalue weighted by molar-refractivity contribution is -0.192. The van der Waals surface area contributed by atoms with Crippen molar-refractivity contribution in [3.8, 4) is 0 Å². The van der Waals surface area contributed by atoms with Gasteiger partial charge in [-0.1, -0.05) is 39.3 Å². The highest BCUT2D eigenvalue weighted by molar-refractivity contribution is 6.32. The summed E-state index contributed by atoms with van der Waals surface area (Å²) in [7, 11) is 0. The van der Waals surface area contributed by atoms with Gasteiger partial charge in [0.1, 0.15) is 17.2 Å². The first-order chi connectivity index (χ1) is 13.7. The fraction of sp³-hybridized carbons (Fsp3) is 0.600. The molecule has 0 aromatic carbocycles. The van der Waals surface area contributed by atoms with Crippen LogP contribution < -0.4 is 10.4 Å². The summed E-state index contributed by atoms with van der Waals surface area (Å²) in [5, 5.41) is 10.2. The quantitative estimate of drug-likeness (QED) is 0.566. The minimum atomic E-state index is -4.19. The number of hydrazine groups is 1. The molecule has 1 aromatic heterocycles. The lowest BCUT2D eigenvalue weighted by Crippen LogP contribution is -2.38. The van der Waals surface area contributed by atoms with E-state index in [1.54, 1.807) is 12.3 Å². The minimum Gasteiger partial charge on any atom is -0.478 e. The van der Waals surface area contributed by atoms with E-state index in [4.69, 9.17) is 21.4 Å². The van der Waals surface area contributed by atoms with Gasteiger partial charge in [-0.05, 0) is 42.9 Å². The molecule has 3 rings (SSSR count). The van der Waals surface area contributed by atoms with Crippen molar-refractivity contribution in [2.24, 2.45) is 10.8 Å². The van der Waals surface area contributed by atoms with Crippen LogP contribution >= 0.6 is 11.6 Å². The summed E-state index contributed by atoms with van der Waals surface area (Å²) in [5.74, 6) is -0.847. The highest BCUT2D eigenvalue weighted by atomic mass is 35.5. The zero-order valence-corrected chi connectivity index (χ0v) is 18.1. The van der Waals surface area contributed by atoms with Crippen LogP contribution in [0.25, 0.3) is 0 Å². The molecule has 2 aliphatic rings. The molecule has 1 saturated carbocycles. The number of rotatable bonds is 6. The molecule has 1 fully saturated rings. The second-order valence-electron chi connectivity index (χ2n) is 8.97. The number of halogens is 4. The number of anilines is 1. The molecule has 168 valence electrons. The van der Waals surface area contributed by atoms with Crippen LogP contribution in [0, 0.1) is 10.8 Å². The summed E-state index contributed by atoms with van der Waals surface area (Å²) in [5.41, 5.74) is 1.67. The van der Waals surface area contributed by atoms with Gasteiger partial charge >= 0.3 is 12.1 Å². The van der Waals surface area contributed by atoms with Crippen molar-refractivity contribution in [1.29, 1.82) is 0 Å². The fourth-order valence-corrected chi connectivity index (χ4v) is 2.78. The molecule has 30 heavy (non-hydrogen) atoms. The molecular weight excluding hydrogens is 423 g/mol. The Kier molecular flexibility index (Phi) is 7.42. The summed E-state index contributed by atoms with van der Waals surface area (Å²) >= 11 is 5.81. The van der Waals surface area contributed by atoms with Crippen molar-refractivity contribution in [3.63, 3.8) is 0 Å². The third kappa shape index (κ3) is 6.85. The summed E-state index contributed by atoms with van der Waals surface area (Å²) in [6, 6.07) is 2.77. The summed E-state index contributed by atoms with van der Waals surface area (Å²) < 4.78 is 44.0. The Bertz CT molecular complexity index is 784. The number of nitrogens with zero attached hydrogens (tertiary/aromatic N) is 2. The van der Waals surface area contributed by atoms with E-state index < -0.39 is 23.8 Å². The average Bonchev–Trinajstić information content (AvgIpc) is 3.23. The Morgan fingerprint density at radius 3 is 2.40 bits per heavy atom. The highest BCUT2D eigenvalue weighted by Gasteiger charge is 2.62. The number of carboxylic acids is 1. The number of alkyl halides is 3. The molecule has 0 bridgehead atoms. The summed E-state index contributed by atoms with van der Waals surface area (Å²) in [4.78, 5) is 14.9. The van der Waals surface area contributed by atoms with Crippen molar-refractivity contribution in [1.82, 2.24) is 10.4 Å². The van der Waals surface area contributed by atoms with E-state index >= 15 is 0 Å². The molecule has 2 N–H and O–H groups in total. The van der Waals surface area contributed by atoms with Gasteiger partial charge in [0.25, 0.3) is 0 Å². The minimum absolute atomic E-state index is 0.0263. The molecule has 0 spiro atoms. The van der Waals surface area contributed by atoms with Crippen LogP contribution in [0.15, 0.2) is 24.4 Å². The fourth-order valence-electron chi connectivity index (χ4n) is 2.55. The molecule has 1 aromatic rings. The molecule has 1 aliphatic carbocycles. The van der Waals surface area contributed by atoms with Gasteiger partial charge in [-0.15, -0.1) is 0 Å². The highest BCUT2D eigenvalue weighted by Crippen LogP contribution is 2.59. The number of hydrogen-bond acceptors (Lipinski definition) is 5. The first-order valence-electron chi connectivity index (χ1n) is 9.54. The van der Waals surface area contributed by atoms with Gasteiger partial charge < -0.3 is 9.84 Å². The van der Waals surface area contributed by atoms with Gasteiger partial charge in [0.05, 0.1) is 11.0 Å². The molecule has 6 nitrogen and oxygen atoms in total.